The van der Waals surface area contributed by atoms with Crippen LogP contribution in [0.1, 0.15) is 18.9 Å². The van der Waals surface area contributed by atoms with E-state index in [1.165, 1.54) is 34.0 Å². The lowest BCUT2D eigenvalue weighted by atomic mass is 9.99. The molecule has 1 aliphatic rings. The molecule has 1 saturated carbocycles. The number of hydrogen-bond donors (Lipinski definition) is 0. The summed E-state index contributed by atoms with van der Waals surface area (Å²) in [7, 11) is 0. The molecule has 2 aromatic carbocycles. The molecule has 1 fully saturated rings. The quantitative estimate of drug-likeness (QED) is 0.456. The molecule has 0 amide bonds. The van der Waals surface area contributed by atoms with E-state index in [-0.39, 0.29) is 5.56 Å². The van der Waals surface area contributed by atoms with Gasteiger partial charge in [-0.3, -0.25) is 4.79 Å². The van der Waals surface area contributed by atoms with E-state index in [1.54, 1.807) is 18.5 Å². The highest BCUT2D eigenvalue weighted by Crippen LogP contribution is 2.39. The largest absolute Gasteiger partial charge is 0.344 e. The van der Waals surface area contributed by atoms with Crippen LogP contribution in [0.4, 0.5) is 0 Å². The molecule has 0 N–H and O–H groups in total. The van der Waals surface area contributed by atoms with Crippen molar-refractivity contribution in [2.24, 2.45) is 0 Å². The fourth-order valence-corrected chi connectivity index (χ4v) is 4.07. The van der Waals surface area contributed by atoms with Gasteiger partial charge < -0.3 is 4.57 Å². The molecule has 5 nitrogen and oxygen atoms in total. The zero-order chi connectivity index (χ0) is 19.4. The smallest absolute Gasteiger partial charge is 0.280 e. The van der Waals surface area contributed by atoms with Crippen LogP contribution >= 0.6 is 0 Å². The van der Waals surface area contributed by atoms with Crippen molar-refractivity contribution in [3.63, 3.8) is 0 Å². The maximum absolute atomic E-state index is 12.9. The van der Waals surface area contributed by atoms with Crippen LogP contribution in [-0.2, 0) is 0 Å². The van der Waals surface area contributed by atoms with Crippen LogP contribution in [0.25, 0.3) is 38.6 Å². The summed E-state index contributed by atoms with van der Waals surface area (Å²) in [6.07, 6.45) is 8.12. The second kappa shape index (κ2) is 6.14. The molecular formula is C24H18N4O. The molecule has 1 aliphatic carbocycles. The van der Waals surface area contributed by atoms with Crippen LogP contribution in [0, 0.1) is 0 Å². The zero-order valence-corrected chi connectivity index (χ0v) is 15.7. The van der Waals surface area contributed by atoms with Gasteiger partial charge in [-0.25, -0.2) is 4.98 Å². The fourth-order valence-electron chi connectivity index (χ4n) is 4.07. The minimum absolute atomic E-state index is 0.161. The lowest BCUT2D eigenvalue weighted by molar-refractivity contribution is 0.776. The topological polar surface area (TPSA) is 52.7 Å². The maximum atomic E-state index is 12.9. The number of fused-ring (bicyclic) bond motifs is 2. The molecule has 0 saturated heterocycles. The van der Waals surface area contributed by atoms with E-state index in [0.29, 0.717) is 17.2 Å². The van der Waals surface area contributed by atoms with Crippen LogP contribution in [0.15, 0.2) is 84.0 Å². The van der Waals surface area contributed by atoms with Crippen LogP contribution < -0.4 is 5.56 Å². The lowest BCUT2D eigenvalue weighted by Gasteiger charge is -2.09. The second-order valence-corrected chi connectivity index (χ2v) is 7.54. The molecular weight excluding hydrogens is 360 g/mol. The summed E-state index contributed by atoms with van der Waals surface area (Å²) in [6, 6.07) is 20.7. The Labute approximate surface area is 166 Å². The van der Waals surface area contributed by atoms with Gasteiger partial charge in [0.1, 0.15) is 0 Å². The second-order valence-electron chi connectivity index (χ2n) is 7.54. The molecule has 0 bridgehead atoms. The summed E-state index contributed by atoms with van der Waals surface area (Å²) in [5.41, 5.74) is 3.38. The third kappa shape index (κ3) is 2.58. The highest BCUT2D eigenvalue weighted by atomic mass is 16.1. The Morgan fingerprint density at radius 2 is 1.86 bits per heavy atom. The summed E-state index contributed by atoms with van der Waals surface area (Å²) >= 11 is 0. The Bertz CT molecular complexity index is 1430. The highest BCUT2D eigenvalue weighted by Gasteiger charge is 2.24. The van der Waals surface area contributed by atoms with Crippen molar-refractivity contribution in [1.82, 2.24) is 19.3 Å². The molecule has 3 heterocycles. The first-order chi connectivity index (χ1) is 14.3. The summed E-state index contributed by atoms with van der Waals surface area (Å²) in [4.78, 5) is 17.2. The van der Waals surface area contributed by atoms with Crippen LogP contribution in [0.3, 0.4) is 0 Å². The molecule has 0 radical (unpaired) electrons. The summed E-state index contributed by atoms with van der Waals surface area (Å²) < 4.78 is 3.73. The van der Waals surface area contributed by atoms with E-state index in [0.717, 1.165) is 10.9 Å². The van der Waals surface area contributed by atoms with Gasteiger partial charge in [-0.1, -0.05) is 24.3 Å². The molecule has 3 aromatic heterocycles. The van der Waals surface area contributed by atoms with Crippen molar-refractivity contribution in [2.75, 3.05) is 0 Å². The van der Waals surface area contributed by atoms with Gasteiger partial charge in [-0.15, -0.1) is 0 Å². The first-order valence-corrected chi connectivity index (χ1v) is 9.83. The SMILES string of the molecule is O=c1c2ccc(-c3cccc4c3ccn4C3CC3)cc2cnn1-c1ccccn1. The molecule has 0 atom stereocenters. The van der Waals surface area contributed by atoms with E-state index in [2.05, 4.69) is 51.2 Å². The third-order valence-corrected chi connectivity index (χ3v) is 5.67. The van der Waals surface area contributed by atoms with Gasteiger partial charge in [-0.2, -0.15) is 9.78 Å². The molecule has 5 aromatic rings. The van der Waals surface area contributed by atoms with Crippen LogP contribution in [0.5, 0.6) is 0 Å². The Morgan fingerprint density at radius 3 is 2.69 bits per heavy atom. The Kier molecular flexibility index (Phi) is 3.44. The normalized spacial score (nSPS) is 13.9. The number of nitrogens with zero attached hydrogens (tertiary/aromatic N) is 4. The number of aromatic nitrogens is 4. The predicted molar refractivity (Wildman–Crippen MR) is 114 cm³/mol. The molecule has 0 unspecified atom stereocenters. The van der Waals surface area contributed by atoms with Gasteiger partial charge in [0.15, 0.2) is 5.82 Å². The first kappa shape index (κ1) is 16.2. The van der Waals surface area contributed by atoms with Crippen LogP contribution in [-0.4, -0.2) is 19.3 Å². The van der Waals surface area contributed by atoms with Crippen molar-refractivity contribution in [3.05, 3.63) is 89.6 Å². The Morgan fingerprint density at radius 1 is 0.931 bits per heavy atom. The predicted octanol–water partition coefficient (Wildman–Crippen LogP) is 4.74. The standard InChI is InChI=1S/C24H18N4O/c29-24-20-10-7-16(14-17(20)15-26-28(24)23-6-1-2-12-25-23)19-4-3-5-22-21(19)11-13-27(22)18-8-9-18/h1-7,10-15,18H,8-9H2. The van der Waals surface area contributed by atoms with Gasteiger partial charge in [0.05, 0.1) is 11.6 Å². The van der Waals surface area contributed by atoms with Crippen molar-refractivity contribution < 1.29 is 0 Å². The number of pyridine rings is 1. The van der Waals surface area contributed by atoms with Gasteiger partial charge in [0.2, 0.25) is 0 Å². The summed E-state index contributed by atoms with van der Waals surface area (Å²) in [6.45, 7) is 0. The van der Waals surface area contributed by atoms with Gasteiger partial charge in [0.25, 0.3) is 5.56 Å². The molecule has 140 valence electrons. The van der Waals surface area contributed by atoms with E-state index >= 15 is 0 Å². The molecule has 6 rings (SSSR count). The van der Waals surface area contributed by atoms with Crippen molar-refractivity contribution in [1.29, 1.82) is 0 Å². The third-order valence-electron chi connectivity index (χ3n) is 5.67. The monoisotopic (exact) mass is 378 g/mol. The summed E-state index contributed by atoms with van der Waals surface area (Å²) in [5.74, 6) is 0.523. The van der Waals surface area contributed by atoms with Crippen LogP contribution in [0.2, 0.25) is 0 Å². The first-order valence-electron chi connectivity index (χ1n) is 9.83. The average Bonchev–Trinajstić information content (AvgIpc) is 3.52. The van der Waals surface area contributed by atoms with E-state index in [9.17, 15) is 4.79 Å². The molecule has 29 heavy (non-hydrogen) atoms. The minimum Gasteiger partial charge on any atom is -0.344 e. The Balaban J connectivity index is 1.50. The zero-order valence-electron chi connectivity index (χ0n) is 15.7. The minimum atomic E-state index is -0.161. The van der Waals surface area contributed by atoms with Crippen molar-refractivity contribution in [2.45, 2.75) is 18.9 Å². The van der Waals surface area contributed by atoms with E-state index in [1.807, 2.05) is 24.3 Å². The lowest BCUT2D eigenvalue weighted by Crippen LogP contribution is -2.21. The number of hydrogen-bond acceptors (Lipinski definition) is 3. The number of rotatable bonds is 3. The number of benzene rings is 2. The van der Waals surface area contributed by atoms with Gasteiger partial charge in [-0.05, 0) is 60.4 Å². The van der Waals surface area contributed by atoms with Crippen molar-refractivity contribution >= 4 is 21.7 Å². The fraction of sp³-hybridized carbons (Fsp3) is 0.125. The van der Waals surface area contributed by atoms with Gasteiger partial charge >= 0.3 is 0 Å². The van der Waals surface area contributed by atoms with Crippen molar-refractivity contribution in [3.8, 4) is 16.9 Å². The highest BCUT2D eigenvalue weighted by molar-refractivity contribution is 5.98. The summed E-state index contributed by atoms with van der Waals surface area (Å²) in [5, 5.41) is 7.06. The Hall–Kier alpha value is -3.73. The molecule has 0 aliphatic heterocycles. The van der Waals surface area contributed by atoms with Gasteiger partial charge in [0, 0.05) is 34.7 Å². The maximum Gasteiger partial charge on any atom is 0.280 e. The molecule has 0 spiro atoms. The molecule has 5 heteroatoms. The average molecular weight is 378 g/mol. The van der Waals surface area contributed by atoms with E-state index < -0.39 is 0 Å². The van der Waals surface area contributed by atoms with E-state index in [4.69, 9.17) is 0 Å².